The molecule has 3 rings (SSSR count). The molecular formula is C16H14BrFN2O3. The van der Waals surface area contributed by atoms with Crippen LogP contribution in [0.1, 0.15) is 12.8 Å². The van der Waals surface area contributed by atoms with Crippen LogP contribution in [0.15, 0.2) is 34.8 Å². The maximum absolute atomic E-state index is 13.7. The summed E-state index contributed by atoms with van der Waals surface area (Å²) < 4.78 is 14.3. The van der Waals surface area contributed by atoms with Gasteiger partial charge in [0.2, 0.25) is 17.7 Å². The van der Waals surface area contributed by atoms with Crippen molar-refractivity contribution in [3.8, 4) is 0 Å². The van der Waals surface area contributed by atoms with Gasteiger partial charge >= 0.3 is 0 Å². The minimum Gasteiger partial charge on any atom is -0.322 e. The predicted octanol–water partition coefficient (Wildman–Crippen LogP) is 2.48. The number of hydrogen-bond acceptors (Lipinski definition) is 3. The molecule has 0 radical (unpaired) electrons. The first-order chi connectivity index (χ1) is 11.0. The highest BCUT2D eigenvalue weighted by Crippen LogP contribution is 2.34. The molecule has 0 saturated carbocycles. The minimum absolute atomic E-state index is 0.0105. The number of carbonyl (C=O) groups is 3. The lowest BCUT2D eigenvalue weighted by Gasteiger charge is -2.14. The SMILES string of the molecule is O=C(CN1C(=O)[C@H]2CC=CC[C@@H]2C1=O)Nc1ccc(Br)cc1F. The van der Waals surface area contributed by atoms with Gasteiger partial charge in [0, 0.05) is 4.47 Å². The number of halogens is 2. The predicted molar refractivity (Wildman–Crippen MR) is 84.8 cm³/mol. The molecule has 1 aliphatic carbocycles. The molecule has 0 unspecified atom stereocenters. The zero-order chi connectivity index (χ0) is 16.6. The molecule has 1 N–H and O–H groups in total. The number of likely N-dealkylation sites (tertiary alicyclic amines) is 1. The van der Waals surface area contributed by atoms with E-state index in [0.717, 1.165) is 4.90 Å². The van der Waals surface area contributed by atoms with E-state index in [2.05, 4.69) is 21.2 Å². The Labute approximate surface area is 140 Å². The fourth-order valence-corrected chi connectivity index (χ4v) is 3.28. The van der Waals surface area contributed by atoms with E-state index in [4.69, 9.17) is 0 Å². The lowest BCUT2D eigenvalue weighted by atomic mass is 9.85. The van der Waals surface area contributed by atoms with Crippen molar-refractivity contribution in [2.75, 3.05) is 11.9 Å². The monoisotopic (exact) mass is 380 g/mol. The Bertz CT molecular complexity index is 693. The summed E-state index contributed by atoms with van der Waals surface area (Å²) in [7, 11) is 0. The van der Waals surface area contributed by atoms with E-state index in [-0.39, 0.29) is 35.9 Å². The van der Waals surface area contributed by atoms with Crippen LogP contribution in [0.4, 0.5) is 10.1 Å². The first-order valence-corrected chi connectivity index (χ1v) is 8.02. The van der Waals surface area contributed by atoms with Crippen LogP contribution >= 0.6 is 15.9 Å². The van der Waals surface area contributed by atoms with Crippen molar-refractivity contribution in [3.63, 3.8) is 0 Å². The summed E-state index contributed by atoms with van der Waals surface area (Å²) >= 11 is 3.13. The van der Waals surface area contributed by atoms with Crippen LogP contribution in [-0.2, 0) is 14.4 Å². The largest absolute Gasteiger partial charge is 0.322 e. The van der Waals surface area contributed by atoms with E-state index < -0.39 is 11.7 Å². The summed E-state index contributed by atoms with van der Waals surface area (Å²) in [5, 5.41) is 2.39. The number of fused-ring (bicyclic) bond motifs is 1. The van der Waals surface area contributed by atoms with Crippen molar-refractivity contribution in [1.82, 2.24) is 4.90 Å². The van der Waals surface area contributed by atoms with Gasteiger partial charge in [-0.25, -0.2) is 4.39 Å². The second kappa shape index (κ2) is 6.23. The fourth-order valence-electron chi connectivity index (χ4n) is 2.95. The molecule has 120 valence electrons. The van der Waals surface area contributed by atoms with Gasteiger partial charge in [0.05, 0.1) is 17.5 Å². The summed E-state index contributed by atoms with van der Waals surface area (Å²) in [6, 6.07) is 4.22. The number of nitrogens with zero attached hydrogens (tertiary/aromatic N) is 1. The highest BCUT2D eigenvalue weighted by molar-refractivity contribution is 9.10. The van der Waals surface area contributed by atoms with Crippen molar-refractivity contribution in [1.29, 1.82) is 0 Å². The maximum atomic E-state index is 13.7. The van der Waals surface area contributed by atoms with Crippen molar-refractivity contribution >= 4 is 39.3 Å². The third-order valence-corrected chi connectivity index (χ3v) is 4.60. The summed E-state index contributed by atoms with van der Waals surface area (Å²) in [5.74, 6) is -2.58. The minimum atomic E-state index is -0.598. The lowest BCUT2D eigenvalue weighted by Crippen LogP contribution is -2.38. The van der Waals surface area contributed by atoms with Crippen LogP contribution in [-0.4, -0.2) is 29.2 Å². The van der Waals surface area contributed by atoms with E-state index >= 15 is 0 Å². The fraction of sp³-hybridized carbons (Fsp3) is 0.312. The molecule has 1 aromatic carbocycles. The molecule has 0 bridgehead atoms. The number of benzene rings is 1. The molecule has 3 amide bonds. The van der Waals surface area contributed by atoms with E-state index in [9.17, 15) is 18.8 Å². The maximum Gasteiger partial charge on any atom is 0.244 e. The molecule has 2 aliphatic rings. The van der Waals surface area contributed by atoms with Gasteiger partial charge in [0.1, 0.15) is 12.4 Å². The summed E-state index contributed by atoms with van der Waals surface area (Å²) in [6.45, 7) is -0.389. The Morgan fingerprint density at radius 3 is 2.39 bits per heavy atom. The highest BCUT2D eigenvalue weighted by atomic mass is 79.9. The van der Waals surface area contributed by atoms with Gasteiger partial charge in [0.25, 0.3) is 0 Å². The van der Waals surface area contributed by atoms with Gasteiger partial charge < -0.3 is 5.32 Å². The second-order valence-corrected chi connectivity index (χ2v) is 6.51. The Morgan fingerprint density at radius 1 is 1.22 bits per heavy atom. The molecular weight excluding hydrogens is 367 g/mol. The number of amides is 3. The van der Waals surface area contributed by atoms with Crippen molar-refractivity contribution in [2.24, 2.45) is 11.8 Å². The summed E-state index contributed by atoms with van der Waals surface area (Å²) in [5.41, 5.74) is 0.0105. The number of imide groups is 1. The van der Waals surface area contributed by atoms with Gasteiger partial charge in [-0.1, -0.05) is 28.1 Å². The normalized spacial score (nSPS) is 23.1. The highest BCUT2D eigenvalue weighted by Gasteiger charge is 2.47. The molecule has 1 aliphatic heterocycles. The molecule has 23 heavy (non-hydrogen) atoms. The molecule has 1 heterocycles. The number of rotatable bonds is 3. The first-order valence-electron chi connectivity index (χ1n) is 7.22. The van der Waals surface area contributed by atoms with E-state index in [0.29, 0.717) is 17.3 Å². The number of nitrogens with one attached hydrogen (secondary N) is 1. The van der Waals surface area contributed by atoms with Crippen LogP contribution in [0.5, 0.6) is 0 Å². The zero-order valence-corrected chi connectivity index (χ0v) is 13.7. The molecule has 5 nitrogen and oxygen atoms in total. The van der Waals surface area contributed by atoms with Crippen LogP contribution < -0.4 is 5.32 Å². The third-order valence-electron chi connectivity index (χ3n) is 4.11. The van der Waals surface area contributed by atoms with Crippen molar-refractivity contribution in [3.05, 3.63) is 40.6 Å². The topological polar surface area (TPSA) is 66.5 Å². The van der Waals surface area contributed by atoms with E-state index in [1.54, 1.807) is 6.07 Å². The lowest BCUT2D eigenvalue weighted by molar-refractivity contribution is -0.142. The first kappa shape index (κ1) is 15.9. The average Bonchev–Trinajstić information content (AvgIpc) is 2.76. The van der Waals surface area contributed by atoms with Gasteiger partial charge in [0.15, 0.2) is 0 Å². The quantitative estimate of drug-likeness (QED) is 0.646. The number of carbonyl (C=O) groups excluding carboxylic acids is 3. The Hall–Kier alpha value is -2.02. The Kier molecular flexibility index (Phi) is 4.30. The second-order valence-electron chi connectivity index (χ2n) is 5.59. The third kappa shape index (κ3) is 3.06. The Morgan fingerprint density at radius 2 is 1.83 bits per heavy atom. The van der Waals surface area contributed by atoms with Crippen LogP contribution in [0.3, 0.4) is 0 Å². The number of allylic oxidation sites excluding steroid dienone is 2. The van der Waals surface area contributed by atoms with E-state index in [1.165, 1.54) is 12.1 Å². The summed E-state index contributed by atoms with van der Waals surface area (Å²) in [6.07, 6.45) is 4.81. The molecule has 1 saturated heterocycles. The standard InChI is InChI=1S/C16H14BrFN2O3/c17-9-5-6-13(12(18)7-9)19-14(21)8-20-15(22)10-3-1-2-4-11(10)16(20)23/h1-2,5-7,10-11H,3-4,8H2,(H,19,21)/t10-,11-/m0/s1. The van der Waals surface area contributed by atoms with Crippen molar-refractivity contribution < 1.29 is 18.8 Å². The Balaban J connectivity index is 1.68. The van der Waals surface area contributed by atoms with Gasteiger partial charge in [-0.3, -0.25) is 19.3 Å². The van der Waals surface area contributed by atoms with Crippen LogP contribution in [0.2, 0.25) is 0 Å². The van der Waals surface area contributed by atoms with Crippen molar-refractivity contribution in [2.45, 2.75) is 12.8 Å². The smallest absolute Gasteiger partial charge is 0.244 e. The number of anilines is 1. The average molecular weight is 381 g/mol. The zero-order valence-electron chi connectivity index (χ0n) is 12.1. The summed E-state index contributed by atoms with van der Waals surface area (Å²) in [4.78, 5) is 37.6. The van der Waals surface area contributed by atoms with Crippen LogP contribution in [0, 0.1) is 17.7 Å². The molecule has 7 heteroatoms. The molecule has 1 fully saturated rings. The van der Waals surface area contributed by atoms with Gasteiger partial charge in [-0.2, -0.15) is 0 Å². The molecule has 0 spiro atoms. The van der Waals surface area contributed by atoms with Gasteiger partial charge in [-0.15, -0.1) is 0 Å². The molecule has 1 aromatic rings. The van der Waals surface area contributed by atoms with Crippen LogP contribution in [0.25, 0.3) is 0 Å². The van der Waals surface area contributed by atoms with E-state index in [1.807, 2.05) is 12.2 Å². The molecule has 0 aromatic heterocycles. The number of hydrogen-bond donors (Lipinski definition) is 1. The molecule has 2 atom stereocenters. The van der Waals surface area contributed by atoms with Gasteiger partial charge in [-0.05, 0) is 31.0 Å².